The zero-order chi connectivity index (χ0) is 35.1. The van der Waals surface area contributed by atoms with Crippen LogP contribution in [0.3, 0.4) is 0 Å². The summed E-state index contributed by atoms with van der Waals surface area (Å²) in [6, 6.07) is 6.53. The van der Waals surface area contributed by atoms with Crippen molar-refractivity contribution in [3.63, 3.8) is 0 Å². The zero-order valence-electron chi connectivity index (χ0n) is 28.9. The molecule has 49 heavy (non-hydrogen) atoms. The first-order valence-corrected chi connectivity index (χ1v) is 16.7. The largest absolute Gasteiger partial charge is 0.460 e. The lowest BCUT2D eigenvalue weighted by Gasteiger charge is -2.12. The van der Waals surface area contributed by atoms with Gasteiger partial charge in [0, 0.05) is 38.5 Å². The third-order valence-electron chi connectivity index (χ3n) is 6.90. The summed E-state index contributed by atoms with van der Waals surface area (Å²) in [6.07, 6.45) is 1.01. The van der Waals surface area contributed by atoms with Crippen LogP contribution >= 0.6 is 0 Å². The molecule has 2 aliphatic rings. The van der Waals surface area contributed by atoms with Crippen LogP contribution in [-0.2, 0) is 37.9 Å². The molecule has 1 aromatic carbocycles. The Kier molecular flexibility index (Phi) is 19.5. The Balaban J connectivity index is 1.18. The van der Waals surface area contributed by atoms with Crippen LogP contribution in [0.1, 0.15) is 18.9 Å². The number of nitrogens with zero attached hydrogens (tertiary/aromatic N) is 1. The van der Waals surface area contributed by atoms with Crippen molar-refractivity contribution in [2.75, 3.05) is 131 Å². The van der Waals surface area contributed by atoms with Gasteiger partial charge >= 0.3 is 5.90 Å². The molecule has 0 saturated carbocycles. The molecule has 15 heteroatoms. The Morgan fingerprint density at radius 1 is 0.714 bits per heavy atom. The molecule has 0 bridgehead atoms. The maximum absolute atomic E-state index is 12.5. The van der Waals surface area contributed by atoms with Crippen LogP contribution in [0.5, 0.6) is 0 Å². The predicted molar refractivity (Wildman–Crippen MR) is 182 cm³/mol. The summed E-state index contributed by atoms with van der Waals surface area (Å²) in [5.74, 6) is -0.280. The van der Waals surface area contributed by atoms with Gasteiger partial charge in [0.2, 0.25) is 10.8 Å². The van der Waals surface area contributed by atoms with Gasteiger partial charge in [-0.05, 0) is 18.6 Å². The molecule has 1 heterocycles. The summed E-state index contributed by atoms with van der Waals surface area (Å²) >= 11 is 0. The van der Waals surface area contributed by atoms with Crippen LogP contribution in [0.25, 0.3) is 11.1 Å². The zero-order valence-corrected chi connectivity index (χ0v) is 28.9. The summed E-state index contributed by atoms with van der Waals surface area (Å²) in [5, 5.41) is 10.9. The monoisotopic (exact) mass is 694 g/mol. The molecule has 0 amide bonds. The highest BCUT2D eigenvalue weighted by atomic mass is 16.6. The van der Waals surface area contributed by atoms with Gasteiger partial charge in [0.05, 0.1) is 98.0 Å². The van der Waals surface area contributed by atoms with E-state index in [9.17, 15) is 14.7 Å². The van der Waals surface area contributed by atoms with E-state index < -0.39 is 10.9 Å². The minimum absolute atomic E-state index is 0.131. The second-order valence-corrected chi connectivity index (χ2v) is 10.9. The fraction of sp³-hybridized carbons (Fsp3) is 0.618. The third kappa shape index (κ3) is 14.9. The van der Waals surface area contributed by atoms with Gasteiger partial charge < -0.3 is 57.3 Å². The fourth-order valence-electron chi connectivity index (χ4n) is 4.37. The number of aliphatic hydroxyl groups excluding tert-OH is 1. The van der Waals surface area contributed by atoms with Gasteiger partial charge in [-0.25, -0.2) is 4.99 Å². The lowest BCUT2D eigenvalue weighted by Crippen LogP contribution is -2.74. The molecule has 0 atom stereocenters. The maximum atomic E-state index is 12.5. The van der Waals surface area contributed by atoms with Crippen molar-refractivity contribution in [3.05, 3.63) is 61.0 Å². The van der Waals surface area contributed by atoms with E-state index in [1.165, 1.54) is 0 Å². The van der Waals surface area contributed by atoms with Crippen LogP contribution in [0.2, 0.25) is 0 Å². The van der Waals surface area contributed by atoms with Crippen molar-refractivity contribution in [1.82, 2.24) is 4.98 Å². The summed E-state index contributed by atoms with van der Waals surface area (Å²) < 4.78 is 49.4. The fourth-order valence-corrected chi connectivity index (χ4v) is 4.37. The number of anilines is 1. The van der Waals surface area contributed by atoms with Crippen molar-refractivity contribution >= 4 is 22.7 Å². The second-order valence-electron chi connectivity index (χ2n) is 10.9. The Labute approximate surface area is 285 Å². The lowest BCUT2D eigenvalue weighted by atomic mass is 10.2. The number of aromatic amines is 1. The molecule has 1 aromatic rings. The molecule has 3 rings (SSSR count). The highest BCUT2D eigenvalue weighted by Crippen LogP contribution is 2.20. The van der Waals surface area contributed by atoms with Crippen molar-refractivity contribution in [1.29, 1.82) is 0 Å². The number of aliphatic hydroxyl groups is 1. The minimum Gasteiger partial charge on any atom is -0.460 e. The molecule has 0 spiro atoms. The molecular weight excluding hydrogens is 642 g/mol. The van der Waals surface area contributed by atoms with Crippen LogP contribution < -0.4 is 20.7 Å². The number of fused-ring (bicyclic) bond motifs is 1. The molecule has 0 saturated heterocycles. The van der Waals surface area contributed by atoms with E-state index >= 15 is 0 Å². The lowest BCUT2D eigenvalue weighted by molar-refractivity contribution is -0.469. The van der Waals surface area contributed by atoms with Crippen molar-refractivity contribution in [2.45, 2.75) is 13.3 Å². The number of ether oxygens (including phenoxy) is 8. The number of nitrogens with one attached hydrogen (secondary N) is 2. The molecule has 15 nitrogen and oxygen atoms in total. The Morgan fingerprint density at radius 3 is 1.65 bits per heavy atom. The number of hydrogen-bond donors (Lipinski definition) is 3. The quantitative estimate of drug-likeness (QED) is 0.0408. The third-order valence-corrected chi connectivity index (χ3v) is 6.90. The van der Waals surface area contributed by atoms with E-state index in [-0.39, 0.29) is 35.4 Å². The molecule has 1 aliphatic heterocycles. The molecular formula is C34H52N3O12+. The van der Waals surface area contributed by atoms with Gasteiger partial charge in [-0.1, -0.05) is 6.92 Å². The number of benzene rings is 1. The van der Waals surface area contributed by atoms with Gasteiger partial charge in [-0.2, -0.15) is 0 Å². The summed E-state index contributed by atoms with van der Waals surface area (Å²) in [6.45, 7) is 10.1. The predicted octanol–water partition coefficient (Wildman–Crippen LogP) is 0.200. The second kappa shape index (κ2) is 23.9. The first-order valence-electron chi connectivity index (χ1n) is 16.7. The summed E-state index contributed by atoms with van der Waals surface area (Å²) in [4.78, 5) is 32.7. The average Bonchev–Trinajstić information content (AvgIpc) is 3.10. The molecule has 1 aliphatic carbocycles. The number of hydrogen-bond acceptors (Lipinski definition) is 12. The minimum atomic E-state index is -0.789. The summed E-state index contributed by atoms with van der Waals surface area (Å²) in [5.41, 5.74) is 0.279. The van der Waals surface area contributed by atoms with Crippen LogP contribution in [0, 0.1) is 10.8 Å². The molecule has 0 radical (unpaired) electrons. The van der Waals surface area contributed by atoms with E-state index in [1.807, 2.05) is 25.1 Å². The normalized spacial score (nSPS) is 12.0. The maximum Gasteiger partial charge on any atom is 0.368 e. The Bertz CT molecular complexity index is 1560. The highest BCUT2D eigenvalue weighted by Gasteiger charge is 2.17. The number of rotatable bonds is 28. The van der Waals surface area contributed by atoms with E-state index in [1.54, 1.807) is 12.1 Å². The van der Waals surface area contributed by atoms with E-state index in [0.29, 0.717) is 104 Å². The number of aromatic nitrogens is 1. The van der Waals surface area contributed by atoms with Gasteiger partial charge in [-0.15, -0.1) is 0 Å². The average molecular weight is 695 g/mol. The Morgan fingerprint density at radius 2 is 1.18 bits per heavy atom. The molecule has 0 fully saturated rings. The van der Waals surface area contributed by atoms with Crippen LogP contribution in [-0.4, -0.2) is 142 Å². The van der Waals surface area contributed by atoms with Crippen molar-refractivity contribution in [3.8, 4) is 0 Å². The SMILES string of the molecule is CCCOCCOCCOCCOCCOCCOCCOCCOCC[NH+]=C(O)c1cc(=O)c(=O)c2oc3cc(N(C)C)ccc3[nH]c1=2. The number of H-pyrrole nitrogens is 1. The first-order chi connectivity index (χ1) is 23.9. The standard InChI is InChI=1S/C34H51N3O12/c1-4-8-41-10-12-43-14-16-45-18-20-47-22-23-48-21-19-46-17-15-44-13-11-42-9-7-35-34(40)27-25-29(38)32(39)33-31(27)36-28-6-5-26(37(2)3)24-30(28)49-33/h5-6,24-25,36H,4,7-23H2,1-3H3,(H,35,40)/p+1. The van der Waals surface area contributed by atoms with Crippen LogP contribution in [0.15, 0.2) is 38.3 Å². The molecule has 0 aromatic heterocycles. The van der Waals surface area contributed by atoms with Gasteiger partial charge in [0.1, 0.15) is 17.5 Å². The smallest absolute Gasteiger partial charge is 0.368 e. The van der Waals surface area contributed by atoms with Crippen molar-refractivity contribution < 1.29 is 52.4 Å². The van der Waals surface area contributed by atoms with E-state index in [2.05, 4.69) is 16.9 Å². The van der Waals surface area contributed by atoms with E-state index in [0.717, 1.165) is 24.8 Å². The highest BCUT2D eigenvalue weighted by molar-refractivity contribution is 5.88. The van der Waals surface area contributed by atoms with Gasteiger partial charge in [0.25, 0.3) is 5.43 Å². The van der Waals surface area contributed by atoms with E-state index in [4.69, 9.17) is 42.3 Å². The first kappa shape index (κ1) is 40.0. The summed E-state index contributed by atoms with van der Waals surface area (Å²) in [7, 11) is 3.77. The van der Waals surface area contributed by atoms with Crippen LogP contribution in [0.4, 0.5) is 5.69 Å². The van der Waals surface area contributed by atoms with Gasteiger partial charge in [-0.3, -0.25) is 9.59 Å². The topological polar surface area (TPSA) is 174 Å². The van der Waals surface area contributed by atoms with Crippen molar-refractivity contribution in [2.24, 2.45) is 0 Å². The molecule has 274 valence electrons. The molecule has 3 N–H and O–H groups in total. The van der Waals surface area contributed by atoms with Gasteiger partial charge in [0.15, 0.2) is 12.1 Å². The Hall–Kier alpha value is -3.41. The molecule has 0 unspecified atom stereocenters.